The van der Waals surface area contributed by atoms with Crippen molar-refractivity contribution >= 4 is 27.3 Å². The molecule has 0 N–H and O–H groups in total. The van der Waals surface area contributed by atoms with Gasteiger partial charge in [0.25, 0.3) is 10.0 Å². The van der Waals surface area contributed by atoms with Gasteiger partial charge in [0.2, 0.25) is 0 Å². The van der Waals surface area contributed by atoms with E-state index >= 15 is 0 Å². The van der Waals surface area contributed by atoms with Crippen LogP contribution >= 0.6 is 11.6 Å². The quantitative estimate of drug-likeness (QED) is 0.864. The minimum Gasteiger partial charge on any atom is -0.495 e. The molecule has 0 atom stereocenters. The molecule has 0 unspecified atom stereocenters. The van der Waals surface area contributed by atoms with Crippen LogP contribution < -0.4 is 9.04 Å². The molecule has 0 saturated heterocycles. The third kappa shape index (κ3) is 2.96. The van der Waals surface area contributed by atoms with Gasteiger partial charge in [-0.1, -0.05) is 23.7 Å². The van der Waals surface area contributed by atoms with E-state index in [9.17, 15) is 12.8 Å². The van der Waals surface area contributed by atoms with Gasteiger partial charge in [-0.3, -0.25) is 4.31 Å². The number of hydrogen-bond acceptors (Lipinski definition) is 3. The maximum atomic E-state index is 13.7. The van der Waals surface area contributed by atoms with E-state index in [4.69, 9.17) is 16.3 Å². The molecule has 21 heavy (non-hydrogen) atoms. The number of para-hydroxylation sites is 1. The zero-order valence-electron chi connectivity index (χ0n) is 11.4. The topological polar surface area (TPSA) is 46.6 Å². The van der Waals surface area contributed by atoms with Gasteiger partial charge >= 0.3 is 0 Å². The summed E-state index contributed by atoms with van der Waals surface area (Å²) in [6.07, 6.45) is 0. The Morgan fingerprint density at radius 1 is 1.19 bits per heavy atom. The van der Waals surface area contributed by atoms with Crippen molar-refractivity contribution in [3.8, 4) is 5.75 Å². The lowest BCUT2D eigenvalue weighted by atomic mass is 10.3. The number of anilines is 1. The van der Waals surface area contributed by atoms with E-state index in [0.717, 1.165) is 4.31 Å². The molecule has 0 bridgehead atoms. The number of ether oxygens (including phenoxy) is 1. The molecule has 2 rings (SSSR count). The summed E-state index contributed by atoms with van der Waals surface area (Å²) in [5.74, 6) is -0.257. The summed E-state index contributed by atoms with van der Waals surface area (Å²) >= 11 is 5.94. The van der Waals surface area contributed by atoms with Crippen LogP contribution in [0.3, 0.4) is 0 Å². The van der Waals surface area contributed by atoms with Crippen LogP contribution in [0, 0.1) is 5.82 Å². The highest BCUT2D eigenvalue weighted by Crippen LogP contribution is 2.30. The first-order valence-electron chi connectivity index (χ1n) is 5.95. The van der Waals surface area contributed by atoms with Gasteiger partial charge in [-0.25, -0.2) is 12.8 Å². The molecule has 0 radical (unpaired) electrons. The minimum atomic E-state index is -3.91. The second-order valence-electron chi connectivity index (χ2n) is 4.22. The average molecular weight is 330 g/mol. The molecule has 4 nitrogen and oxygen atoms in total. The molecule has 0 heterocycles. The van der Waals surface area contributed by atoms with Gasteiger partial charge in [0.15, 0.2) is 0 Å². The van der Waals surface area contributed by atoms with Crippen LogP contribution in [-0.4, -0.2) is 22.6 Å². The fourth-order valence-corrected chi connectivity index (χ4v) is 3.35. The maximum Gasteiger partial charge on any atom is 0.264 e. The van der Waals surface area contributed by atoms with E-state index < -0.39 is 15.8 Å². The molecule has 0 saturated carbocycles. The highest BCUT2D eigenvalue weighted by atomic mass is 35.5. The molecule has 7 heteroatoms. The van der Waals surface area contributed by atoms with E-state index in [0.29, 0.717) is 5.75 Å². The normalized spacial score (nSPS) is 11.2. The highest BCUT2D eigenvalue weighted by Gasteiger charge is 2.24. The number of methoxy groups -OCH3 is 1. The fraction of sp³-hybridized carbons (Fsp3) is 0.143. The Morgan fingerprint density at radius 2 is 1.86 bits per heavy atom. The molecule has 0 aliphatic carbocycles. The van der Waals surface area contributed by atoms with Crippen molar-refractivity contribution in [2.45, 2.75) is 4.90 Å². The summed E-state index contributed by atoms with van der Waals surface area (Å²) in [6, 6.07) is 9.71. The standard InChI is InChI=1S/C14H13ClFNO3S/c1-17(13-6-4-3-5-12(13)16)21(18,19)10-7-8-14(20-2)11(15)9-10/h3-9H,1-2H3. The molecule has 0 aromatic heterocycles. The van der Waals surface area contributed by atoms with E-state index in [1.54, 1.807) is 6.07 Å². The van der Waals surface area contributed by atoms with Crippen molar-refractivity contribution in [2.75, 3.05) is 18.5 Å². The molecule has 0 spiro atoms. The summed E-state index contributed by atoms with van der Waals surface area (Å²) in [4.78, 5) is -0.0425. The maximum absolute atomic E-state index is 13.7. The average Bonchev–Trinajstić information content (AvgIpc) is 2.47. The van der Waals surface area contributed by atoms with Crippen molar-refractivity contribution < 1.29 is 17.5 Å². The molecule has 2 aromatic rings. The van der Waals surface area contributed by atoms with E-state index in [1.165, 1.54) is 50.6 Å². The number of rotatable bonds is 4. The summed E-state index contributed by atoms with van der Waals surface area (Å²) < 4.78 is 44.6. The summed E-state index contributed by atoms with van der Waals surface area (Å²) in [6.45, 7) is 0. The Balaban J connectivity index is 2.47. The van der Waals surface area contributed by atoms with Crippen molar-refractivity contribution in [2.24, 2.45) is 0 Å². The Bertz CT molecular complexity index is 765. The van der Waals surface area contributed by atoms with Crippen LogP contribution in [0.15, 0.2) is 47.4 Å². The number of nitrogens with zero attached hydrogens (tertiary/aromatic N) is 1. The molecule has 2 aromatic carbocycles. The van der Waals surface area contributed by atoms with Crippen molar-refractivity contribution in [1.82, 2.24) is 0 Å². The number of benzene rings is 2. The van der Waals surface area contributed by atoms with Gasteiger partial charge in [0.1, 0.15) is 11.6 Å². The van der Waals surface area contributed by atoms with E-state index in [-0.39, 0.29) is 15.6 Å². The van der Waals surface area contributed by atoms with Crippen molar-refractivity contribution in [3.63, 3.8) is 0 Å². The van der Waals surface area contributed by atoms with Crippen molar-refractivity contribution in [1.29, 1.82) is 0 Å². The second kappa shape index (κ2) is 5.91. The lowest BCUT2D eigenvalue weighted by Gasteiger charge is -2.20. The molecule has 0 aliphatic rings. The molecular weight excluding hydrogens is 317 g/mol. The molecule has 112 valence electrons. The van der Waals surface area contributed by atoms with Gasteiger partial charge in [0.05, 0.1) is 22.7 Å². The third-order valence-electron chi connectivity index (χ3n) is 2.97. The van der Waals surface area contributed by atoms with Crippen molar-refractivity contribution in [3.05, 3.63) is 53.3 Å². The van der Waals surface area contributed by atoms with Gasteiger partial charge in [-0.15, -0.1) is 0 Å². The lowest BCUT2D eigenvalue weighted by molar-refractivity contribution is 0.414. The Labute approximate surface area is 127 Å². The summed E-state index contributed by atoms with van der Waals surface area (Å²) in [5, 5.41) is 0.167. The third-order valence-corrected chi connectivity index (χ3v) is 5.04. The second-order valence-corrected chi connectivity index (χ2v) is 6.60. The Morgan fingerprint density at radius 3 is 2.43 bits per heavy atom. The predicted molar refractivity (Wildman–Crippen MR) is 80.0 cm³/mol. The van der Waals surface area contributed by atoms with Gasteiger partial charge in [-0.2, -0.15) is 0 Å². The highest BCUT2D eigenvalue weighted by molar-refractivity contribution is 7.92. The fourth-order valence-electron chi connectivity index (χ4n) is 1.80. The first-order chi connectivity index (χ1) is 9.87. The first-order valence-corrected chi connectivity index (χ1v) is 7.76. The largest absolute Gasteiger partial charge is 0.495 e. The molecule has 0 amide bonds. The van der Waals surface area contributed by atoms with Crippen LogP contribution in [0.4, 0.5) is 10.1 Å². The van der Waals surface area contributed by atoms with Gasteiger partial charge in [0, 0.05) is 7.05 Å². The number of hydrogen-bond donors (Lipinski definition) is 0. The van der Waals surface area contributed by atoms with Gasteiger partial charge < -0.3 is 4.74 Å². The summed E-state index contributed by atoms with van der Waals surface area (Å²) in [7, 11) is -1.19. The zero-order valence-corrected chi connectivity index (χ0v) is 13.0. The Kier molecular flexibility index (Phi) is 4.39. The molecule has 0 fully saturated rings. The SMILES string of the molecule is COc1ccc(S(=O)(=O)N(C)c2ccccc2F)cc1Cl. The smallest absolute Gasteiger partial charge is 0.264 e. The van der Waals surface area contributed by atoms with E-state index in [2.05, 4.69) is 0 Å². The van der Waals surface area contributed by atoms with Crippen LogP contribution in [0.2, 0.25) is 5.02 Å². The van der Waals surface area contributed by atoms with E-state index in [1.807, 2.05) is 0 Å². The van der Waals surface area contributed by atoms with Crippen LogP contribution in [0.25, 0.3) is 0 Å². The van der Waals surface area contributed by atoms with Crippen LogP contribution in [0.1, 0.15) is 0 Å². The van der Waals surface area contributed by atoms with Crippen LogP contribution in [-0.2, 0) is 10.0 Å². The summed E-state index contributed by atoms with van der Waals surface area (Å²) in [5.41, 5.74) is -0.0376. The molecule has 0 aliphatic heterocycles. The van der Waals surface area contributed by atoms with Crippen LogP contribution in [0.5, 0.6) is 5.75 Å². The number of sulfonamides is 1. The minimum absolute atomic E-state index is 0.0376. The zero-order chi connectivity index (χ0) is 15.6. The lowest BCUT2D eigenvalue weighted by Crippen LogP contribution is -2.27. The van der Waals surface area contributed by atoms with Gasteiger partial charge in [-0.05, 0) is 30.3 Å². The molecular formula is C14H13ClFNO3S. The predicted octanol–water partition coefficient (Wildman–Crippen LogP) is 3.31. The number of halogens is 2. The Hall–Kier alpha value is -1.79. The monoisotopic (exact) mass is 329 g/mol. The first kappa shape index (κ1) is 15.6.